The van der Waals surface area contributed by atoms with Crippen molar-refractivity contribution in [2.45, 2.75) is 20.8 Å². The second kappa shape index (κ2) is 5.24. The van der Waals surface area contributed by atoms with Crippen molar-refractivity contribution >= 4 is 29.2 Å². The lowest BCUT2D eigenvalue weighted by Gasteiger charge is -2.01. The van der Waals surface area contributed by atoms with Gasteiger partial charge >= 0.3 is 5.97 Å². The van der Waals surface area contributed by atoms with Crippen LogP contribution in [0, 0.1) is 17.3 Å². The highest BCUT2D eigenvalue weighted by atomic mass is 35.5. The molecule has 2 atom stereocenters. The normalized spacial score (nSPS) is 26.6. The second-order valence-corrected chi connectivity index (χ2v) is 5.43. The number of allylic oxidation sites excluding steroid dienone is 3. The molecule has 0 spiro atoms. The van der Waals surface area contributed by atoms with Gasteiger partial charge in [0.1, 0.15) is 4.49 Å². The van der Waals surface area contributed by atoms with Crippen molar-refractivity contribution in [3.8, 4) is 0 Å². The zero-order valence-electron chi connectivity index (χ0n) is 9.67. The van der Waals surface area contributed by atoms with Crippen molar-refractivity contribution in [3.05, 3.63) is 22.7 Å². The maximum atomic E-state index is 11.6. The molecule has 0 bridgehead atoms. The van der Waals surface area contributed by atoms with Crippen LogP contribution in [-0.4, -0.2) is 12.6 Å². The quantitative estimate of drug-likeness (QED) is 0.571. The lowest BCUT2D eigenvalue weighted by atomic mass is 10.1. The predicted molar refractivity (Wildman–Crippen MR) is 66.3 cm³/mol. The zero-order chi connectivity index (χ0) is 12.3. The standard InChI is InChI=1S/C12H16Cl2O2/c1-4-16-11(15)10-8(12(10,2)3)6-5-7-9(13)14/h5-8,10H,4H2,1-3H3/b6-5+. The average molecular weight is 263 g/mol. The third kappa shape index (κ3) is 3.02. The van der Waals surface area contributed by atoms with E-state index in [1.807, 2.05) is 13.0 Å². The highest BCUT2D eigenvalue weighted by Gasteiger charge is 2.61. The van der Waals surface area contributed by atoms with Crippen LogP contribution in [0.5, 0.6) is 0 Å². The Hall–Kier alpha value is -0.470. The number of halogens is 2. The first-order valence-corrected chi connectivity index (χ1v) is 6.03. The molecular weight excluding hydrogens is 247 g/mol. The van der Waals surface area contributed by atoms with Gasteiger partial charge in [-0.3, -0.25) is 4.79 Å². The van der Waals surface area contributed by atoms with E-state index in [4.69, 9.17) is 27.9 Å². The summed E-state index contributed by atoms with van der Waals surface area (Å²) < 4.78 is 5.23. The van der Waals surface area contributed by atoms with Gasteiger partial charge in [-0.1, -0.05) is 49.2 Å². The van der Waals surface area contributed by atoms with Crippen molar-refractivity contribution < 1.29 is 9.53 Å². The van der Waals surface area contributed by atoms with E-state index < -0.39 is 0 Å². The number of esters is 1. The van der Waals surface area contributed by atoms with E-state index in [1.54, 1.807) is 12.2 Å². The highest BCUT2D eigenvalue weighted by Crippen LogP contribution is 2.59. The molecule has 1 aliphatic rings. The Kier molecular flexibility index (Phi) is 4.45. The zero-order valence-corrected chi connectivity index (χ0v) is 11.2. The van der Waals surface area contributed by atoms with Gasteiger partial charge in [0.2, 0.25) is 0 Å². The Labute approximate surface area is 106 Å². The van der Waals surface area contributed by atoms with Crippen molar-refractivity contribution in [3.63, 3.8) is 0 Å². The molecule has 0 saturated heterocycles. The highest BCUT2D eigenvalue weighted by molar-refractivity contribution is 6.55. The van der Waals surface area contributed by atoms with E-state index >= 15 is 0 Å². The minimum Gasteiger partial charge on any atom is -0.466 e. The number of hydrogen-bond donors (Lipinski definition) is 0. The summed E-state index contributed by atoms with van der Waals surface area (Å²) in [5, 5.41) is 0. The first-order chi connectivity index (χ1) is 7.41. The molecule has 16 heavy (non-hydrogen) atoms. The summed E-state index contributed by atoms with van der Waals surface area (Å²) in [7, 11) is 0. The van der Waals surface area contributed by atoms with E-state index in [9.17, 15) is 4.79 Å². The van der Waals surface area contributed by atoms with Crippen molar-refractivity contribution in [2.75, 3.05) is 6.61 Å². The molecule has 1 saturated carbocycles. The van der Waals surface area contributed by atoms with Gasteiger partial charge in [0.25, 0.3) is 0 Å². The molecular formula is C12H16Cl2O2. The minimum absolute atomic E-state index is 0.0324. The van der Waals surface area contributed by atoms with Crippen molar-refractivity contribution in [1.82, 2.24) is 0 Å². The number of carbonyl (C=O) groups is 1. The van der Waals surface area contributed by atoms with Crippen molar-refractivity contribution in [2.24, 2.45) is 17.3 Å². The Balaban J connectivity index is 2.61. The number of ether oxygens (including phenoxy) is 1. The monoisotopic (exact) mass is 262 g/mol. The van der Waals surface area contributed by atoms with Gasteiger partial charge in [-0.15, -0.1) is 0 Å². The van der Waals surface area contributed by atoms with E-state index in [2.05, 4.69) is 13.8 Å². The molecule has 0 aromatic rings. The molecule has 0 aliphatic heterocycles. The van der Waals surface area contributed by atoms with Crippen LogP contribution in [-0.2, 0) is 9.53 Å². The summed E-state index contributed by atoms with van der Waals surface area (Å²) in [6.07, 6.45) is 5.33. The van der Waals surface area contributed by atoms with Crippen LogP contribution in [0.25, 0.3) is 0 Å². The van der Waals surface area contributed by atoms with Gasteiger partial charge < -0.3 is 4.74 Å². The summed E-state index contributed by atoms with van der Waals surface area (Å²) in [5.41, 5.74) is -0.0324. The molecule has 2 unspecified atom stereocenters. The molecule has 1 fully saturated rings. The van der Waals surface area contributed by atoms with Gasteiger partial charge in [0, 0.05) is 0 Å². The Morgan fingerprint density at radius 3 is 2.56 bits per heavy atom. The molecule has 1 rings (SSSR count). The van der Waals surface area contributed by atoms with Gasteiger partial charge in [0.05, 0.1) is 12.5 Å². The second-order valence-electron chi connectivity index (χ2n) is 4.42. The average Bonchev–Trinajstić information content (AvgIpc) is 2.68. The molecule has 4 heteroatoms. The van der Waals surface area contributed by atoms with Crippen molar-refractivity contribution in [1.29, 1.82) is 0 Å². The third-order valence-electron chi connectivity index (χ3n) is 2.99. The first kappa shape index (κ1) is 13.6. The topological polar surface area (TPSA) is 26.3 Å². The lowest BCUT2D eigenvalue weighted by molar-refractivity contribution is -0.145. The summed E-state index contributed by atoms with van der Waals surface area (Å²) in [6, 6.07) is 0. The van der Waals surface area contributed by atoms with Crippen LogP contribution < -0.4 is 0 Å². The van der Waals surface area contributed by atoms with Gasteiger partial charge in [-0.05, 0) is 24.3 Å². The fourth-order valence-corrected chi connectivity index (χ4v) is 2.11. The lowest BCUT2D eigenvalue weighted by Crippen LogP contribution is -2.10. The smallest absolute Gasteiger partial charge is 0.310 e. The fraction of sp³-hybridized carbons (Fsp3) is 0.583. The van der Waals surface area contributed by atoms with Crippen LogP contribution in [0.15, 0.2) is 22.7 Å². The fourth-order valence-electron chi connectivity index (χ4n) is 1.97. The van der Waals surface area contributed by atoms with Crippen LogP contribution in [0.4, 0.5) is 0 Å². The molecule has 1 aliphatic carbocycles. The third-order valence-corrected chi connectivity index (χ3v) is 3.24. The van der Waals surface area contributed by atoms with Crippen LogP contribution >= 0.6 is 23.2 Å². The number of carbonyl (C=O) groups excluding carboxylic acids is 1. The van der Waals surface area contributed by atoms with E-state index in [0.717, 1.165) is 0 Å². The molecule has 90 valence electrons. The molecule has 0 heterocycles. The molecule has 0 radical (unpaired) electrons. The van der Waals surface area contributed by atoms with E-state index in [1.165, 1.54) is 0 Å². The largest absolute Gasteiger partial charge is 0.466 e. The number of rotatable bonds is 4. The van der Waals surface area contributed by atoms with Crippen LogP contribution in [0.2, 0.25) is 0 Å². The predicted octanol–water partition coefficient (Wildman–Crippen LogP) is 3.70. The van der Waals surface area contributed by atoms with Gasteiger partial charge in [-0.25, -0.2) is 0 Å². The summed E-state index contributed by atoms with van der Waals surface area (Å²) in [5.74, 6) is 0.0322. The minimum atomic E-state index is -0.122. The molecule has 0 N–H and O–H groups in total. The molecule has 2 nitrogen and oxygen atoms in total. The summed E-state index contributed by atoms with van der Waals surface area (Å²) >= 11 is 11.0. The molecule has 0 amide bonds. The molecule has 0 aromatic carbocycles. The first-order valence-electron chi connectivity index (χ1n) is 5.27. The van der Waals surface area contributed by atoms with E-state index in [0.29, 0.717) is 6.61 Å². The SMILES string of the molecule is CCOC(=O)C1C(/C=C/C=C(Cl)Cl)C1(C)C. The van der Waals surface area contributed by atoms with Gasteiger partial charge in [-0.2, -0.15) is 0 Å². The maximum absolute atomic E-state index is 11.6. The Morgan fingerprint density at radius 2 is 2.06 bits per heavy atom. The number of hydrogen-bond acceptors (Lipinski definition) is 2. The van der Waals surface area contributed by atoms with E-state index in [-0.39, 0.29) is 27.7 Å². The summed E-state index contributed by atoms with van der Waals surface area (Å²) in [4.78, 5) is 11.6. The van der Waals surface area contributed by atoms with Crippen LogP contribution in [0.1, 0.15) is 20.8 Å². The summed E-state index contributed by atoms with van der Waals surface area (Å²) in [6.45, 7) is 6.34. The van der Waals surface area contributed by atoms with Gasteiger partial charge in [0.15, 0.2) is 0 Å². The maximum Gasteiger partial charge on any atom is 0.310 e. The van der Waals surface area contributed by atoms with Crippen LogP contribution in [0.3, 0.4) is 0 Å². The Bertz CT molecular complexity index is 328. The molecule has 0 aromatic heterocycles. The Morgan fingerprint density at radius 1 is 1.44 bits per heavy atom.